The maximum absolute atomic E-state index is 12.3. The number of aliphatic hydroxyl groups excluding tert-OH is 1. The van der Waals surface area contributed by atoms with Crippen LogP contribution in [0.15, 0.2) is 18.5 Å². The van der Waals surface area contributed by atoms with Crippen molar-refractivity contribution in [2.45, 2.75) is 12.8 Å². The molecule has 0 radical (unpaired) electrons. The Hall–Kier alpha value is -1.17. The van der Waals surface area contributed by atoms with Crippen LogP contribution >= 0.6 is 11.6 Å². The van der Waals surface area contributed by atoms with Crippen LogP contribution in [0, 0.1) is 0 Å². The number of hydrogen-bond donors (Lipinski definition) is 1. The van der Waals surface area contributed by atoms with Crippen molar-refractivity contribution in [1.82, 2.24) is 14.8 Å². The molecule has 20 heavy (non-hydrogen) atoms. The maximum Gasteiger partial charge on any atom is 0.255 e. The van der Waals surface area contributed by atoms with Gasteiger partial charge in [0.1, 0.15) is 0 Å². The van der Waals surface area contributed by atoms with Crippen molar-refractivity contribution in [2.75, 3.05) is 39.3 Å². The van der Waals surface area contributed by atoms with Gasteiger partial charge in [0, 0.05) is 45.2 Å². The molecule has 0 saturated carbocycles. The largest absolute Gasteiger partial charge is 0.396 e. The van der Waals surface area contributed by atoms with E-state index in [9.17, 15) is 4.79 Å². The first-order valence-corrected chi connectivity index (χ1v) is 7.31. The van der Waals surface area contributed by atoms with Gasteiger partial charge < -0.3 is 10.0 Å². The summed E-state index contributed by atoms with van der Waals surface area (Å²) >= 11 is 5.86. The predicted octanol–water partition coefficient (Wildman–Crippen LogP) is 1.27. The Morgan fingerprint density at radius 3 is 2.65 bits per heavy atom. The molecular formula is C14H20ClN3O2. The normalized spacial score (nSPS) is 16.4. The first-order valence-electron chi connectivity index (χ1n) is 6.94. The number of carbonyl (C=O) groups excluding carboxylic acids is 1. The molecule has 2 rings (SSSR count). The van der Waals surface area contributed by atoms with E-state index >= 15 is 0 Å². The minimum Gasteiger partial charge on any atom is -0.396 e. The van der Waals surface area contributed by atoms with Gasteiger partial charge in [0.25, 0.3) is 5.91 Å². The van der Waals surface area contributed by atoms with E-state index in [1.165, 1.54) is 6.20 Å². The van der Waals surface area contributed by atoms with Crippen LogP contribution in [0.25, 0.3) is 0 Å². The van der Waals surface area contributed by atoms with Gasteiger partial charge in [-0.25, -0.2) is 0 Å². The Morgan fingerprint density at radius 2 is 2.00 bits per heavy atom. The lowest BCUT2D eigenvalue weighted by atomic mass is 10.2. The Kier molecular flexibility index (Phi) is 5.76. The number of carbonyl (C=O) groups is 1. The third-order valence-corrected chi connectivity index (χ3v) is 3.70. The van der Waals surface area contributed by atoms with E-state index in [1.807, 2.05) is 4.90 Å². The average molecular weight is 298 g/mol. The van der Waals surface area contributed by atoms with Crippen LogP contribution in [0.1, 0.15) is 23.2 Å². The van der Waals surface area contributed by atoms with Crippen molar-refractivity contribution in [3.8, 4) is 0 Å². The molecular weight excluding hydrogens is 278 g/mol. The van der Waals surface area contributed by atoms with Gasteiger partial charge in [-0.05, 0) is 25.5 Å². The third-order valence-electron chi connectivity index (χ3n) is 3.49. The van der Waals surface area contributed by atoms with Crippen LogP contribution in [-0.4, -0.2) is 65.1 Å². The highest BCUT2D eigenvalue weighted by atomic mass is 35.5. The molecule has 1 aromatic heterocycles. The quantitative estimate of drug-likeness (QED) is 0.832. The van der Waals surface area contributed by atoms with Crippen LogP contribution in [0.2, 0.25) is 5.02 Å². The maximum atomic E-state index is 12.3. The average Bonchev–Trinajstić information content (AvgIpc) is 2.47. The van der Waals surface area contributed by atoms with Gasteiger partial charge in [-0.2, -0.15) is 0 Å². The molecule has 0 unspecified atom stereocenters. The molecule has 1 aliphatic rings. The summed E-state index contributed by atoms with van der Waals surface area (Å²) in [6.45, 7) is 4.45. The van der Waals surface area contributed by atoms with Crippen molar-refractivity contribution >= 4 is 17.5 Å². The van der Waals surface area contributed by atoms with Crippen molar-refractivity contribution < 1.29 is 9.90 Å². The van der Waals surface area contributed by atoms with Gasteiger partial charge in [-0.3, -0.25) is 14.7 Å². The fourth-order valence-electron chi connectivity index (χ4n) is 2.33. The zero-order valence-electron chi connectivity index (χ0n) is 11.5. The Morgan fingerprint density at radius 1 is 1.25 bits per heavy atom. The molecule has 0 aliphatic carbocycles. The van der Waals surface area contributed by atoms with Crippen LogP contribution < -0.4 is 0 Å². The standard InChI is InChI=1S/C14H20ClN3O2/c15-13-9-12(10-16-11-13)14(20)18-6-4-17(5-7-18)3-1-2-8-19/h9-11,19H,1-8H2. The Labute approximate surface area is 124 Å². The van der Waals surface area contributed by atoms with E-state index in [4.69, 9.17) is 16.7 Å². The molecule has 2 heterocycles. The van der Waals surface area contributed by atoms with Crippen LogP contribution in [0.3, 0.4) is 0 Å². The van der Waals surface area contributed by atoms with Gasteiger partial charge in [0.05, 0.1) is 10.6 Å². The molecule has 1 fully saturated rings. The number of nitrogens with zero attached hydrogens (tertiary/aromatic N) is 3. The van der Waals surface area contributed by atoms with E-state index in [2.05, 4.69) is 9.88 Å². The number of pyridine rings is 1. The minimum atomic E-state index is -0.00462. The molecule has 0 spiro atoms. The topological polar surface area (TPSA) is 56.7 Å². The second-order valence-corrected chi connectivity index (χ2v) is 5.39. The molecule has 6 heteroatoms. The molecule has 1 N–H and O–H groups in total. The highest BCUT2D eigenvalue weighted by Gasteiger charge is 2.22. The molecule has 1 aromatic rings. The molecule has 1 saturated heterocycles. The lowest BCUT2D eigenvalue weighted by Gasteiger charge is -2.34. The number of amides is 1. The molecule has 0 atom stereocenters. The fourth-order valence-corrected chi connectivity index (χ4v) is 2.51. The minimum absolute atomic E-state index is 0.00462. The Balaban J connectivity index is 1.83. The van der Waals surface area contributed by atoms with Crippen molar-refractivity contribution in [3.63, 3.8) is 0 Å². The molecule has 1 amide bonds. The third kappa shape index (κ3) is 4.16. The summed E-state index contributed by atoms with van der Waals surface area (Å²) in [7, 11) is 0. The zero-order valence-corrected chi connectivity index (χ0v) is 12.2. The van der Waals surface area contributed by atoms with Crippen LogP contribution in [0.5, 0.6) is 0 Å². The first kappa shape index (κ1) is 15.2. The summed E-state index contributed by atoms with van der Waals surface area (Å²) in [5, 5.41) is 9.26. The van der Waals surface area contributed by atoms with Gasteiger partial charge in [0.2, 0.25) is 0 Å². The summed E-state index contributed by atoms with van der Waals surface area (Å²) in [5.74, 6) is -0.00462. The van der Waals surface area contributed by atoms with E-state index in [0.29, 0.717) is 10.6 Å². The number of piperazine rings is 1. The number of aromatic nitrogens is 1. The lowest BCUT2D eigenvalue weighted by Crippen LogP contribution is -2.48. The second kappa shape index (κ2) is 7.57. The zero-order chi connectivity index (χ0) is 14.4. The Bertz CT molecular complexity index is 448. The molecule has 0 bridgehead atoms. The molecule has 1 aliphatic heterocycles. The number of halogens is 1. The number of aliphatic hydroxyl groups is 1. The number of unbranched alkanes of at least 4 members (excludes halogenated alkanes) is 1. The number of hydrogen-bond acceptors (Lipinski definition) is 4. The molecule has 5 nitrogen and oxygen atoms in total. The molecule has 110 valence electrons. The number of rotatable bonds is 5. The van der Waals surface area contributed by atoms with E-state index in [0.717, 1.165) is 45.6 Å². The second-order valence-electron chi connectivity index (χ2n) is 4.96. The van der Waals surface area contributed by atoms with E-state index in [1.54, 1.807) is 12.3 Å². The smallest absolute Gasteiger partial charge is 0.255 e. The van der Waals surface area contributed by atoms with Crippen LogP contribution in [0.4, 0.5) is 0 Å². The van der Waals surface area contributed by atoms with Gasteiger partial charge >= 0.3 is 0 Å². The van der Waals surface area contributed by atoms with Crippen molar-refractivity contribution in [2.24, 2.45) is 0 Å². The SMILES string of the molecule is O=C(c1cncc(Cl)c1)N1CCN(CCCCO)CC1. The van der Waals surface area contributed by atoms with Gasteiger partial charge in [-0.1, -0.05) is 11.6 Å². The predicted molar refractivity (Wildman–Crippen MR) is 77.9 cm³/mol. The van der Waals surface area contributed by atoms with Gasteiger partial charge in [-0.15, -0.1) is 0 Å². The highest BCUT2D eigenvalue weighted by Crippen LogP contribution is 2.12. The fraction of sp³-hybridized carbons (Fsp3) is 0.571. The van der Waals surface area contributed by atoms with Crippen molar-refractivity contribution in [3.05, 3.63) is 29.0 Å². The molecule has 0 aromatic carbocycles. The lowest BCUT2D eigenvalue weighted by molar-refractivity contribution is 0.0633. The van der Waals surface area contributed by atoms with E-state index < -0.39 is 0 Å². The monoisotopic (exact) mass is 297 g/mol. The first-order chi connectivity index (χ1) is 9.70. The summed E-state index contributed by atoms with van der Waals surface area (Å²) in [6.07, 6.45) is 4.93. The van der Waals surface area contributed by atoms with Crippen LogP contribution in [-0.2, 0) is 0 Å². The summed E-state index contributed by atoms with van der Waals surface area (Å²) in [4.78, 5) is 20.4. The van der Waals surface area contributed by atoms with Gasteiger partial charge in [0.15, 0.2) is 0 Å². The summed E-state index contributed by atoms with van der Waals surface area (Å²) in [6, 6.07) is 1.66. The summed E-state index contributed by atoms with van der Waals surface area (Å²) < 4.78 is 0. The van der Waals surface area contributed by atoms with E-state index in [-0.39, 0.29) is 12.5 Å². The highest BCUT2D eigenvalue weighted by molar-refractivity contribution is 6.30. The van der Waals surface area contributed by atoms with Crippen molar-refractivity contribution in [1.29, 1.82) is 0 Å². The summed E-state index contributed by atoms with van der Waals surface area (Å²) in [5.41, 5.74) is 0.547.